The Kier molecular flexibility index (Phi) is 4.61. The Bertz CT molecular complexity index is 1450. The summed E-state index contributed by atoms with van der Waals surface area (Å²) >= 11 is 3.18. The first-order valence-electron chi connectivity index (χ1n) is 9.09. The molecule has 0 spiro atoms. The fourth-order valence-corrected chi connectivity index (χ4v) is 4.94. The van der Waals surface area contributed by atoms with Crippen LogP contribution in [0.1, 0.15) is 16.1 Å². The van der Waals surface area contributed by atoms with Crippen molar-refractivity contribution in [3.8, 4) is 0 Å². The van der Waals surface area contributed by atoms with E-state index in [9.17, 15) is 9.59 Å². The van der Waals surface area contributed by atoms with E-state index in [1.807, 2.05) is 42.6 Å². The molecular formula is C21H15N5O2S2. The van der Waals surface area contributed by atoms with E-state index in [2.05, 4.69) is 20.4 Å². The summed E-state index contributed by atoms with van der Waals surface area (Å²) in [4.78, 5) is 33.4. The SMILES string of the molecule is Cc1csc(Sc2ccc(NC(=O)c3cnn4c3[nH]c(=O)c3ccccc34)cc2)n1. The monoisotopic (exact) mass is 433 g/mol. The Morgan fingerprint density at radius 1 is 1.17 bits per heavy atom. The van der Waals surface area contributed by atoms with E-state index in [4.69, 9.17) is 0 Å². The summed E-state index contributed by atoms with van der Waals surface area (Å²) < 4.78 is 2.55. The Labute approximate surface area is 178 Å². The number of amides is 1. The predicted molar refractivity (Wildman–Crippen MR) is 119 cm³/mol. The van der Waals surface area contributed by atoms with Crippen LogP contribution in [0.4, 0.5) is 5.69 Å². The molecule has 0 saturated heterocycles. The van der Waals surface area contributed by atoms with Gasteiger partial charge in [0.05, 0.1) is 17.1 Å². The zero-order valence-electron chi connectivity index (χ0n) is 15.7. The minimum atomic E-state index is -0.341. The van der Waals surface area contributed by atoms with Crippen molar-refractivity contribution in [2.75, 3.05) is 5.32 Å². The van der Waals surface area contributed by atoms with E-state index >= 15 is 0 Å². The maximum atomic E-state index is 12.8. The van der Waals surface area contributed by atoms with Crippen LogP contribution in [0.2, 0.25) is 0 Å². The molecule has 148 valence electrons. The van der Waals surface area contributed by atoms with Crippen molar-refractivity contribution < 1.29 is 4.79 Å². The second kappa shape index (κ2) is 7.43. The van der Waals surface area contributed by atoms with Gasteiger partial charge in [0.25, 0.3) is 11.5 Å². The molecule has 3 heterocycles. The Morgan fingerprint density at radius 3 is 2.73 bits per heavy atom. The molecule has 5 aromatic rings. The Morgan fingerprint density at radius 2 is 1.97 bits per heavy atom. The highest BCUT2D eigenvalue weighted by Gasteiger charge is 2.16. The number of benzene rings is 2. The van der Waals surface area contributed by atoms with E-state index in [1.165, 1.54) is 6.20 Å². The van der Waals surface area contributed by atoms with Crippen LogP contribution in [0, 0.1) is 6.92 Å². The first kappa shape index (κ1) is 18.6. The molecule has 0 saturated carbocycles. The van der Waals surface area contributed by atoms with Crippen molar-refractivity contribution in [1.29, 1.82) is 0 Å². The minimum absolute atomic E-state index is 0.258. The third-order valence-electron chi connectivity index (χ3n) is 4.54. The molecule has 7 nitrogen and oxygen atoms in total. The molecule has 0 fully saturated rings. The number of aryl methyl sites for hydroxylation is 1. The Hall–Kier alpha value is -3.43. The normalized spacial score (nSPS) is 11.2. The molecule has 2 aromatic carbocycles. The van der Waals surface area contributed by atoms with Crippen molar-refractivity contribution in [1.82, 2.24) is 19.6 Å². The van der Waals surface area contributed by atoms with Gasteiger partial charge in [-0.25, -0.2) is 9.50 Å². The number of hydrogen-bond acceptors (Lipinski definition) is 6. The number of carbonyl (C=O) groups is 1. The number of thiazole rings is 1. The number of carbonyl (C=O) groups excluding carboxylic acids is 1. The van der Waals surface area contributed by atoms with Gasteiger partial charge in [0, 0.05) is 21.7 Å². The van der Waals surface area contributed by atoms with Crippen LogP contribution in [0.25, 0.3) is 16.6 Å². The molecule has 30 heavy (non-hydrogen) atoms. The van der Waals surface area contributed by atoms with Gasteiger partial charge in [0.15, 0.2) is 4.34 Å². The van der Waals surface area contributed by atoms with Gasteiger partial charge < -0.3 is 10.3 Å². The molecule has 0 aliphatic heterocycles. The molecule has 3 aromatic heterocycles. The van der Waals surface area contributed by atoms with Crippen LogP contribution in [-0.2, 0) is 0 Å². The number of aromatic amines is 1. The zero-order chi connectivity index (χ0) is 20.7. The molecule has 0 aliphatic carbocycles. The van der Waals surface area contributed by atoms with E-state index in [0.717, 1.165) is 14.9 Å². The summed E-state index contributed by atoms with van der Waals surface area (Å²) in [6.07, 6.45) is 1.46. The quantitative estimate of drug-likeness (QED) is 0.440. The number of para-hydroxylation sites is 1. The summed E-state index contributed by atoms with van der Waals surface area (Å²) in [6.45, 7) is 1.97. The molecule has 5 rings (SSSR count). The molecule has 0 bridgehead atoms. The Balaban J connectivity index is 1.40. The summed E-state index contributed by atoms with van der Waals surface area (Å²) in [5.74, 6) is -0.341. The summed E-state index contributed by atoms with van der Waals surface area (Å²) in [7, 11) is 0. The summed E-state index contributed by atoms with van der Waals surface area (Å²) in [6, 6.07) is 14.7. The first-order chi connectivity index (χ1) is 14.6. The van der Waals surface area contributed by atoms with E-state index in [-0.39, 0.29) is 11.5 Å². The lowest BCUT2D eigenvalue weighted by molar-refractivity contribution is 0.102. The highest BCUT2D eigenvalue weighted by Crippen LogP contribution is 2.31. The molecular weight excluding hydrogens is 418 g/mol. The lowest BCUT2D eigenvalue weighted by Crippen LogP contribution is -2.15. The third-order valence-corrected chi connectivity index (χ3v) is 6.60. The number of fused-ring (bicyclic) bond motifs is 3. The fourth-order valence-electron chi connectivity index (χ4n) is 3.13. The van der Waals surface area contributed by atoms with Crippen molar-refractivity contribution >= 4 is 51.2 Å². The van der Waals surface area contributed by atoms with Crippen LogP contribution in [0.5, 0.6) is 0 Å². The number of hydrogen-bond donors (Lipinski definition) is 2. The molecule has 0 atom stereocenters. The van der Waals surface area contributed by atoms with Crippen molar-refractivity contribution in [2.45, 2.75) is 16.2 Å². The van der Waals surface area contributed by atoms with E-state index < -0.39 is 0 Å². The lowest BCUT2D eigenvalue weighted by atomic mass is 10.2. The smallest absolute Gasteiger partial charge is 0.261 e. The molecule has 2 N–H and O–H groups in total. The van der Waals surface area contributed by atoms with Crippen LogP contribution in [0.3, 0.4) is 0 Å². The van der Waals surface area contributed by atoms with Gasteiger partial charge in [-0.15, -0.1) is 11.3 Å². The van der Waals surface area contributed by atoms with Crippen molar-refractivity contribution in [3.05, 3.63) is 81.7 Å². The highest BCUT2D eigenvalue weighted by molar-refractivity contribution is 8.01. The predicted octanol–water partition coefficient (Wildman–Crippen LogP) is 4.34. The minimum Gasteiger partial charge on any atom is -0.322 e. The number of H-pyrrole nitrogens is 1. The largest absolute Gasteiger partial charge is 0.322 e. The van der Waals surface area contributed by atoms with Crippen molar-refractivity contribution in [3.63, 3.8) is 0 Å². The van der Waals surface area contributed by atoms with E-state index in [0.29, 0.717) is 27.8 Å². The zero-order valence-corrected chi connectivity index (χ0v) is 17.4. The fraction of sp³-hybridized carbons (Fsp3) is 0.0476. The van der Waals surface area contributed by atoms with Gasteiger partial charge in [0.2, 0.25) is 0 Å². The maximum Gasteiger partial charge on any atom is 0.261 e. The average Bonchev–Trinajstić information content (AvgIpc) is 3.36. The molecule has 0 aliphatic rings. The number of anilines is 1. The van der Waals surface area contributed by atoms with E-state index in [1.54, 1.807) is 45.8 Å². The molecule has 1 amide bonds. The third kappa shape index (κ3) is 3.38. The van der Waals surface area contributed by atoms with Gasteiger partial charge in [-0.1, -0.05) is 23.9 Å². The maximum absolute atomic E-state index is 12.8. The second-order valence-corrected chi connectivity index (χ2v) is 8.80. The average molecular weight is 434 g/mol. The summed E-state index contributed by atoms with van der Waals surface area (Å²) in [5, 5.41) is 9.68. The highest BCUT2D eigenvalue weighted by atomic mass is 32.2. The van der Waals surface area contributed by atoms with Gasteiger partial charge in [0.1, 0.15) is 11.2 Å². The van der Waals surface area contributed by atoms with Crippen LogP contribution in [0.15, 0.2) is 74.1 Å². The van der Waals surface area contributed by atoms with Crippen LogP contribution >= 0.6 is 23.1 Å². The lowest BCUT2D eigenvalue weighted by Gasteiger charge is -2.06. The second-order valence-electron chi connectivity index (χ2n) is 6.63. The molecule has 0 unspecified atom stereocenters. The van der Waals surface area contributed by atoms with Gasteiger partial charge in [-0.3, -0.25) is 9.59 Å². The molecule has 9 heteroatoms. The van der Waals surface area contributed by atoms with Gasteiger partial charge >= 0.3 is 0 Å². The number of nitrogens with one attached hydrogen (secondary N) is 2. The van der Waals surface area contributed by atoms with Gasteiger partial charge in [-0.2, -0.15) is 5.10 Å². The van der Waals surface area contributed by atoms with Crippen molar-refractivity contribution in [2.24, 2.45) is 0 Å². The topological polar surface area (TPSA) is 92.2 Å². The standard InChI is InChI=1S/C21H15N5O2S2/c1-12-11-29-21(23-12)30-14-8-6-13(7-9-14)24-20(28)16-10-22-26-17-5-3-2-4-15(17)19(27)25-18(16)26/h2-11H,1H3,(H,24,28)(H,25,27). The molecule has 0 radical (unpaired) electrons. The first-order valence-corrected chi connectivity index (χ1v) is 10.8. The number of nitrogens with zero attached hydrogens (tertiary/aromatic N) is 3. The number of aromatic nitrogens is 4. The van der Waals surface area contributed by atoms with Gasteiger partial charge in [-0.05, 0) is 43.3 Å². The van der Waals surface area contributed by atoms with Crippen LogP contribution in [-0.4, -0.2) is 25.5 Å². The summed E-state index contributed by atoms with van der Waals surface area (Å²) in [5.41, 5.74) is 2.71. The van der Waals surface area contributed by atoms with Crippen LogP contribution < -0.4 is 10.9 Å². The number of rotatable bonds is 4.